The van der Waals surface area contributed by atoms with Crippen LogP contribution in [0.15, 0.2) is 40.9 Å². The van der Waals surface area contributed by atoms with Gasteiger partial charge in [0, 0.05) is 17.9 Å². The molecule has 2 aliphatic heterocycles. The smallest absolute Gasteiger partial charge is 0.338 e. The number of fused-ring (bicyclic) bond motifs is 1. The van der Waals surface area contributed by atoms with Crippen LogP contribution in [0.2, 0.25) is 0 Å². The molecule has 0 spiro atoms. The van der Waals surface area contributed by atoms with Crippen LogP contribution in [-0.4, -0.2) is 41.0 Å². The molecule has 0 aliphatic carbocycles. The van der Waals surface area contributed by atoms with E-state index in [-0.39, 0.29) is 12.0 Å². The maximum Gasteiger partial charge on any atom is 0.338 e. The van der Waals surface area contributed by atoms with Gasteiger partial charge in [0.25, 0.3) is 0 Å². The molecule has 22 heavy (non-hydrogen) atoms. The summed E-state index contributed by atoms with van der Waals surface area (Å²) in [6.45, 7) is 5.22. The third kappa shape index (κ3) is 2.77. The average molecular weight is 316 g/mol. The van der Waals surface area contributed by atoms with Gasteiger partial charge in [-0.1, -0.05) is 42.1 Å². The molecule has 0 aromatic heterocycles. The van der Waals surface area contributed by atoms with Crippen molar-refractivity contribution in [1.82, 2.24) is 4.90 Å². The van der Waals surface area contributed by atoms with E-state index in [9.17, 15) is 4.79 Å². The molecule has 0 saturated carbocycles. The summed E-state index contributed by atoms with van der Waals surface area (Å²) in [5, 5.41) is 1.02. The van der Waals surface area contributed by atoms with Crippen LogP contribution >= 0.6 is 11.8 Å². The summed E-state index contributed by atoms with van der Waals surface area (Å²) in [5.74, 6) is 0.825. The van der Waals surface area contributed by atoms with Crippen molar-refractivity contribution in [2.75, 3.05) is 18.9 Å². The van der Waals surface area contributed by atoms with Crippen LogP contribution in [0, 0.1) is 0 Å². The zero-order chi connectivity index (χ0) is 15.5. The van der Waals surface area contributed by atoms with Crippen molar-refractivity contribution in [2.24, 2.45) is 4.99 Å². The molecule has 1 aromatic rings. The molecule has 2 aliphatic rings. The Morgan fingerprint density at radius 3 is 2.91 bits per heavy atom. The third-order valence-corrected chi connectivity index (χ3v) is 4.99. The van der Waals surface area contributed by atoms with Crippen molar-refractivity contribution in [3.05, 3.63) is 41.5 Å². The van der Waals surface area contributed by atoms with Gasteiger partial charge in [0.15, 0.2) is 5.17 Å². The van der Waals surface area contributed by atoms with Gasteiger partial charge in [0.05, 0.1) is 23.9 Å². The highest BCUT2D eigenvalue weighted by atomic mass is 32.2. The van der Waals surface area contributed by atoms with Gasteiger partial charge in [-0.05, 0) is 20.3 Å². The molecule has 3 rings (SSSR count). The molecule has 1 saturated heterocycles. The van der Waals surface area contributed by atoms with Gasteiger partial charge in [0.1, 0.15) is 0 Å². The first-order valence-corrected chi connectivity index (χ1v) is 8.65. The number of thioether (sulfide) groups is 1. The van der Waals surface area contributed by atoms with E-state index in [1.54, 1.807) is 11.8 Å². The minimum Gasteiger partial charge on any atom is -0.463 e. The van der Waals surface area contributed by atoms with Crippen LogP contribution in [0.4, 0.5) is 0 Å². The number of aliphatic imine (C=N–C) groups is 1. The molecule has 1 aromatic carbocycles. The number of benzene rings is 1. The van der Waals surface area contributed by atoms with Gasteiger partial charge in [-0.3, -0.25) is 0 Å². The van der Waals surface area contributed by atoms with Crippen molar-refractivity contribution >= 4 is 28.6 Å². The average Bonchev–Trinajstić information content (AvgIpc) is 2.55. The van der Waals surface area contributed by atoms with E-state index >= 15 is 0 Å². The number of hydrogen-bond donors (Lipinski definition) is 0. The molecule has 1 unspecified atom stereocenters. The molecule has 0 amide bonds. The summed E-state index contributed by atoms with van der Waals surface area (Å²) in [6.07, 6.45) is 1.12. The number of amidine groups is 1. The van der Waals surface area contributed by atoms with Crippen LogP contribution < -0.4 is 0 Å². The Morgan fingerprint density at radius 2 is 2.18 bits per heavy atom. The molecule has 0 radical (unpaired) electrons. The van der Waals surface area contributed by atoms with Crippen LogP contribution in [0.5, 0.6) is 0 Å². The summed E-state index contributed by atoms with van der Waals surface area (Å²) >= 11 is 1.77. The number of hydrogen-bond acceptors (Lipinski definition) is 5. The predicted octanol–water partition coefficient (Wildman–Crippen LogP) is 3.16. The Morgan fingerprint density at radius 1 is 1.41 bits per heavy atom. The van der Waals surface area contributed by atoms with E-state index in [1.165, 1.54) is 0 Å². The van der Waals surface area contributed by atoms with Crippen LogP contribution in [0.25, 0.3) is 5.70 Å². The third-order valence-electron chi connectivity index (χ3n) is 3.91. The Balaban J connectivity index is 2.10. The first-order chi connectivity index (χ1) is 10.7. The van der Waals surface area contributed by atoms with E-state index in [4.69, 9.17) is 9.73 Å². The molecular weight excluding hydrogens is 296 g/mol. The largest absolute Gasteiger partial charge is 0.463 e. The van der Waals surface area contributed by atoms with E-state index < -0.39 is 0 Å². The fraction of sp³-hybridized carbons (Fsp3) is 0.412. The molecule has 5 heteroatoms. The minimum absolute atomic E-state index is 0.00504. The summed E-state index contributed by atoms with van der Waals surface area (Å²) < 4.78 is 5.28. The molecule has 2 heterocycles. The SMILES string of the molecule is CCOC(=O)C1=C(c2ccccc2)N=C2SCCCN2C1C. The molecule has 1 fully saturated rings. The van der Waals surface area contributed by atoms with Crippen molar-refractivity contribution in [3.8, 4) is 0 Å². The van der Waals surface area contributed by atoms with Crippen molar-refractivity contribution < 1.29 is 9.53 Å². The number of esters is 1. The summed E-state index contributed by atoms with van der Waals surface area (Å²) in [6, 6.07) is 9.89. The summed E-state index contributed by atoms with van der Waals surface area (Å²) in [5.41, 5.74) is 2.39. The second-order valence-electron chi connectivity index (χ2n) is 5.31. The quantitative estimate of drug-likeness (QED) is 0.803. The van der Waals surface area contributed by atoms with Crippen LogP contribution in [-0.2, 0) is 9.53 Å². The predicted molar refractivity (Wildman–Crippen MR) is 90.7 cm³/mol. The number of ether oxygens (including phenoxy) is 1. The van der Waals surface area contributed by atoms with Gasteiger partial charge in [0.2, 0.25) is 0 Å². The number of carbonyl (C=O) groups excluding carboxylic acids is 1. The zero-order valence-electron chi connectivity index (χ0n) is 12.9. The van der Waals surface area contributed by atoms with Gasteiger partial charge in [-0.2, -0.15) is 0 Å². The molecule has 1 atom stereocenters. The van der Waals surface area contributed by atoms with E-state index in [0.717, 1.165) is 35.1 Å². The maximum absolute atomic E-state index is 12.5. The van der Waals surface area contributed by atoms with Crippen molar-refractivity contribution in [1.29, 1.82) is 0 Å². The van der Waals surface area contributed by atoms with E-state index in [2.05, 4.69) is 11.8 Å². The summed E-state index contributed by atoms with van der Waals surface area (Å²) in [4.78, 5) is 19.5. The lowest BCUT2D eigenvalue weighted by Gasteiger charge is -2.39. The Kier molecular flexibility index (Phi) is 4.52. The van der Waals surface area contributed by atoms with Crippen LogP contribution in [0.1, 0.15) is 25.8 Å². The molecule has 0 bridgehead atoms. The second kappa shape index (κ2) is 6.57. The normalized spacial score (nSPS) is 21.3. The lowest BCUT2D eigenvalue weighted by atomic mass is 9.98. The molecule has 116 valence electrons. The first kappa shape index (κ1) is 15.2. The Labute approximate surface area is 135 Å². The Bertz CT molecular complexity index is 625. The lowest BCUT2D eigenvalue weighted by molar-refractivity contribution is -0.139. The van der Waals surface area contributed by atoms with Gasteiger partial charge < -0.3 is 9.64 Å². The Hall–Kier alpha value is -1.75. The van der Waals surface area contributed by atoms with Gasteiger partial charge >= 0.3 is 5.97 Å². The topological polar surface area (TPSA) is 41.9 Å². The molecule has 4 nitrogen and oxygen atoms in total. The van der Waals surface area contributed by atoms with E-state index in [1.807, 2.05) is 37.3 Å². The number of nitrogens with zero attached hydrogens (tertiary/aromatic N) is 2. The standard InChI is InChI=1S/C17H20N2O2S/c1-3-21-16(20)14-12(2)19-10-7-11-22-17(19)18-15(14)13-8-5-4-6-9-13/h4-6,8-9,12H,3,7,10-11H2,1-2H3. The maximum atomic E-state index is 12.5. The highest BCUT2D eigenvalue weighted by molar-refractivity contribution is 8.13. The molecule has 0 N–H and O–H groups in total. The summed E-state index contributed by atoms with van der Waals surface area (Å²) in [7, 11) is 0. The van der Waals surface area contributed by atoms with Crippen LogP contribution in [0.3, 0.4) is 0 Å². The fourth-order valence-electron chi connectivity index (χ4n) is 2.83. The zero-order valence-corrected chi connectivity index (χ0v) is 13.7. The highest BCUT2D eigenvalue weighted by Gasteiger charge is 2.35. The monoisotopic (exact) mass is 316 g/mol. The van der Waals surface area contributed by atoms with E-state index in [0.29, 0.717) is 12.2 Å². The highest BCUT2D eigenvalue weighted by Crippen LogP contribution is 2.35. The number of carbonyl (C=O) groups is 1. The van der Waals surface area contributed by atoms with Crippen molar-refractivity contribution in [3.63, 3.8) is 0 Å². The fourth-order valence-corrected chi connectivity index (χ4v) is 3.86. The first-order valence-electron chi connectivity index (χ1n) is 7.67. The van der Waals surface area contributed by atoms with Crippen molar-refractivity contribution in [2.45, 2.75) is 26.3 Å². The van der Waals surface area contributed by atoms with Gasteiger partial charge in [-0.25, -0.2) is 9.79 Å². The van der Waals surface area contributed by atoms with Gasteiger partial charge in [-0.15, -0.1) is 0 Å². The lowest BCUT2D eigenvalue weighted by Crippen LogP contribution is -2.45. The minimum atomic E-state index is -0.257. The molecular formula is C17H20N2O2S. The number of rotatable bonds is 3. The second-order valence-corrected chi connectivity index (χ2v) is 6.38.